The fourth-order valence-electron chi connectivity index (χ4n) is 1.36. The van der Waals surface area contributed by atoms with Crippen molar-refractivity contribution in [2.45, 2.75) is 12.3 Å². The van der Waals surface area contributed by atoms with Crippen LogP contribution in [-0.4, -0.2) is 19.3 Å². The van der Waals surface area contributed by atoms with Crippen LogP contribution in [0.25, 0.3) is 0 Å². The summed E-state index contributed by atoms with van der Waals surface area (Å²) in [4.78, 5) is 0. The zero-order valence-electron chi connectivity index (χ0n) is 7.65. The third kappa shape index (κ3) is 2.33. The fourth-order valence-corrected chi connectivity index (χ4v) is 1.78. The minimum Gasteiger partial charge on any atom is -0.347 e. The number of hydrogen-bond acceptors (Lipinski definition) is 3. The van der Waals surface area contributed by atoms with E-state index in [0.717, 1.165) is 10.0 Å². The van der Waals surface area contributed by atoms with E-state index in [1.807, 2.05) is 24.3 Å². The molecule has 14 heavy (non-hydrogen) atoms. The molecule has 1 aliphatic heterocycles. The van der Waals surface area contributed by atoms with E-state index in [-0.39, 0.29) is 12.3 Å². The summed E-state index contributed by atoms with van der Waals surface area (Å²) in [6.45, 7) is 1.11. The summed E-state index contributed by atoms with van der Waals surface area (Å²) < 4.78 is 12.0. The van der Waals surface area contributed by atoms with Gasteiger partial charge in [-0.3, -0.25) is 0 Å². The lowest BCUT2D eigenvalue weighted by Crippen LogP contribution is -2.37. The predicted molar refractivity (Wildman–Crippen MR) is 56.8 cm³/mol. The first-order valence-electron chi connectivity index (χ1n) is 4.50. The molecule has 76 valence electrons. The Morgan fingerprint density at radius 2 is 2.00 bits per heavy atom. The van der Waals surface area contributed by atoms with Crippen LogP contribution in [0.5, 0.6) is 0 Å². The molecule has 1 heterocycles. The van der Waals surface area contributed by atoms with Crippen LogP contribution in [0.15, 0.2) is 28.7 Å². The number of rotatable bonds is 1. The Hall–Kier alpha value is -0.420. The highest BCUT2D eigenvalue weighted by Gasteiger charge is 2.20. The molecule has 1 aromatic rings. The summed E-state index contributed by atoms with van der Waals surface area (Å²) in [5, 5.41) is 0. The molecule has 0 radical (unpaired) electrons. The molecule has 1 fully saturated rings. The van der Waals surface area contributed by atoms with E-state index in [1.165, 1.54) is 0 Å². The van der Waals surface area contributed by atoms with Crippen molar-refractivity contribution in [1.29, 1.82) is 0 Å². The minimum absolute atomic E-state index is 0.00148. The Bertz CT molecular complexity index is 311. The van der Waals surface area contributed by atoms with Gasteiger partial charge in [0.25, 0.3) is 0 Å². The third-order valence-electron chi connectivity index (χ3n) is 2.04. The van der Waals surface area contributed by atoms with E-state index >= 15 is 0 Å². The van der Waals surface area contributed by atoms with E-state index in [2.05, 4.69) is 15.9 Å². The molecule has 0 bridgehead atoms. The molecule has 0 saturated carbocycles. The molecule has 0 atom stereocenters. The standard InChI is InChI=1S/C10H12BrNO2/c11-8-3-1-2-7(4-8)10-13-5-9(12)6-14-10/h1-4,9-10H,5-6,12H2. The number of benzene rings is 1. The number of ether oxygens (including phenoxy) is 2. The van der Waals surface area contributed by atoms with Gasteiger partial charge in [0, 0.05) is 10.0 Å². The van der Waals surface area contributed by atoms with Crippen LogP contribution in [-0.2, 0) is 9.47 Å². The maximum Gasteiger partial charge on any atom is 0.183 e. The van der Waals surface area contributed by atoms with E-state index in [1.54, 1.807) is 0 Å². The molecule has 2 rings (SSSR count). The number of halogens is 1. The zero-order valence-corrected chi connectivity index (χ0v) is 9.24. The molecule has 0 aromatic heterocycles. The van der Waals surface area contributed by atoms with E-state index in [0.29, 0.717) is 13.2 Å². The molecular weight excluding hydrogens is 246 g/mol. The van der Waals surface area contributed by atoms with Crippen molar-refractivity contribution >= 4 is 15.9 Å². The normalized spacial score (nSPS) is 27.6. The predicted octanol–water partition coefficient (Wildman–Crippen LogP) is 1.82. The van der Waals surface area contributed by atoms with Crippen LogP contribution in [0.3, 0.4) is 0 Å². The topological polar surface area (TPSA) is 44.5 Å². The first kappa shape index (κ1) is 10.1. The van der Waals surface area contributed by atoms with Crippen LogP contribution in [0.2, 0.25) is 0 Å². The van der Waals surface area contributed by atoms with Gasteiger partial charge in [-0.15, -0.1) is 0 Å². The van der Waals surface area contributed by atoms with Crippen molar-refractivity contribution in [2.24, 2.45) is 5.73 Å². The van der Waals surface area contributed by atoms with Crippen molar-refractivity contribution < 1.29 is 9.47 Å². The Morgan fingerprint density at radius 3 is 2.64 bits per heavy atom. The van der Waals surface area contributed by atoms with Crippen molar-refractivity contribution in [3.8, 4) is 0 Å². The lowest BCUT2D eigenvalue weighted by Gasteiger charge is -2.27. The van der Waals surface area contributed by atoms with E-state index in [9.17, 15) is 0 Å². The van der Waals surface area contributed by atoms with Gasteiger partial charge < -0.3 is 15.2 Å². The second-order valence-corrected chi connectivity index (χ2v) is 4.23. The largest absolute Gasteiger partial charge is 0.347 e. The van der Waals surface area contributed by atoms with Gasteiger partial charge in [-0.2, -0.15) is 0 Å². The van der Waals surface area contributed by atoms with E-state index < -0.39 is 0 Å². The molecule has 4 heteroatoms. The molecule has 3 nitrogen and oxygen atoms in total. The van der Waals surface area contributed by atoms with Crippen LogP contribution < -0.4 is 5.73 Å². The molecule has 0 aliphatic carbocycles. The second kappa shape index (κ2) is 4.40. The van der Waals surface area contributed by atoms with Gasteiger partial charge in [-0.05, 0) is 12.1 Å². The fraction of sp³-hybridized carbons (Fsp3) is 0.400. The van der Waals surface area contributed by atoms with Crippen LogP contribution in [0, 0.1) is 0 Å². The van der Waals surface area contributed by atoms with Gasteiger partial charge in [-0.1, -0.05) is 28.1 Å². The molecular formula is C10H12BrNO2. The maximum atomic E-state index is 5.65. The van der Waals surface area contributed by atoms with Crippen molar-refractivity contribution in [3.05, 3.63) is 34.3 Å². The smallest absolute Gasteiger partial charge is 0.183 e. The molecule has 0 amide bonds. The molecule has 2 N–H and O–H groups in total. The third-order valence-corrected chi connectivity index (χ3v) is 2.54. The second-order valence-electron chi connectivity index (χ2n) is 3.31. The Labute approximate surface area is 91.3 Å². The first-order valence-corrected chi connectivity index (χ1v) is 5.29. The molecule has 0 unspecified atom stereocenters. The molecule has 0 spiro atoms. The van der Waals surface area contributed by atoms with Crippen molar-refractivity contribution in [2.75, 3.05) is 13.2 Å². The van der Waals surface area contributed by atoms with E-state index in [4.69, 9.17) is 15.2 Å². The summed E-state index contributed by atoms with van der Waals surface area (Å²) in [5.41, 5.74) is 6.67. The average molecular weight is 258 g/mol. The number of nitrogens with two attached hydrogens (primary N) is 1. The molecule has 1 aliphatic rings. The summed E-state index contributed by atoms with van der Waals surface area (Å²) in [7, 11) is 0. The maximum absolute atomic E-state index is 5.65. The highest BCUT2D eigenvalue weighted by Crippen LogP contribution is 2.24. The Kier molecular flexibility index (Phi) is 3.18. The molecule has 1 saturated heterocycles. The number of hydrogen-bond donors (Lipinski definition) is 1. The lowest BCUT2D eigenvalue weighted by atomic mass is 10.2. The summed E-state index contributed by atoms with van der Waals surface area (Å²) in [6.07, 6.45) is -0.271. The summed E-state index contributed by atoms with van der Waals surface area (Å²) in [6, 6.07) is 7.89. The molecule has 1 aromatic carbocycles. The van der Waals surface area contributed by atoms with Gasteiger partial charge in [-0.25, -0.2) is 0 Å². The Morgan fingerprint density at radius 1 is 1.29 bits per heavy atom. The van der Waals surface area contributed by atoms with Gasteiger partial charge in [0.2, 0.25) is 0 Å². The first-order chi connectivity index (χ1) is 6.75. The quantitative estimate of drug-likeness (QED) is 0.835. The monoisotopic (exact) mass is 257 g/mol. The summed E-state index contributed by atoms with van der Waals surface area (Å²) >= 11 is 3.40. The van der Waals surface area contributed by atoms with Crippen LogP contribution >= 0.6 is 15.9 Å². The lowest BCUT2D eigenvalue weighted by molar-refractivity contribution is -0.189. The Balaban J connectivity index is 2.08. The SMILES string of the molecule is NC1COC(c2cccc(Br)c2)OC1. The zero-order chi connectivity index (χ0) is 9.97. The minimum atomic E-state index is -0.271. The van der Waals surface area contributed by atoms with Crippen LogP contribution in [0.4, 0.5) is 0 Å². The van der Waals surface area contributed by atoms with Crippen LogP contribution in [0.1, 0.15) is 11.9 Å². The van der Waals surface area contributed by atoms with Gasteiger partial charge in [0.15, 0.2) is 6.29 Å². The van der Waals surface area contributed by atoms with Crippen molar-refractivity contribution in [3.63, 3.8) is 0 Å². The average Bonchev–Trinajstić information content (AvgIpc) is 2.19. The van der Waals surface area contributed by atoms with Crippen molar-refractivity contribution in [1.82, 2.24) is 0 Å². The van der Waals surface area contributed by atoms with Gasteiger partial charge in [0.05, 0.1) is 19.3 Å². The van der Waals surface area contributed by atoms with Gasteiger partial charge in [0.1, 0.15) is 0 Å². The summed E-state index contributed by atoms with van der Waals surface area (Å²) in [5.74, 6) is 0. The highest BCUT2D eigenvalue weighted by atomic mass is 79.9. The highest BCUT2D eigenvalue weighted by molar-refractivity contribution is 9.10. The van der Waals surface area contributed by atoms with Gasteiger partial charge >= 0.3 is 0 Å².